The topological polar surface area (TPSA) is 41.1 Å². The van der Waals surface area contributed by atoms with Gasteiger partial charge in [-0.1, -0.05) is 12.2 Å². The molecule has 1 amide bonds. The second-order valence-electron chi connectivity index (χ2n) is 2.31. The van der Waals surface area contributed by atoms with Gasteiger partial charge in [-0.25, -0.2) is 0 Å². The molecular formula is C8H15ClN2O. The minimum Gasteiger partial charge on any atom is -0.355 e. The van der Waals surface area contributed by atoms with E-state index in [1.165, 1.54) is 6.92 Å². The largest absolute Gasteiger partial charge is 0.355 e. The standard InChI is InChI=1S/C8H15ClN2O/c1-8(12)11-7-6-10-5-3-2-4-9/h2-3,10H,4-7H2,1H3,(H,11,12)/b3-2+. The number of halogens is 1. The summed E-state index contributed by atoms with van der Waals surface area (Å²) in [5.41, 5.74) is 0. The summed E-state index contributed by atoms with van der Waals surface area (Å²) in [6.07, 6.45) is 3.84. The summed E-state index contributed by atoms with van der Waals surface area (Å²) in [6, 6.07) is 0. The fourth-order valence-electron chi connectivity index (χ4n) is 0.659. The Morgan fingerprint density at radius 1 is 1.42 bits per heavy atom. The average molecular weight is 191 g/mol. The van der Waals surface area contributed by atoms with E-state index in [9.17, 15) is 4.79 Å². The number of carbonyl (C=O) groups excluding carboxylic acids is 1. The lowest BCUT2D eigenvalue weighted by molar-refractivity contribution is -0.118. The SMILES string of the molecule is CC(=O)NCCNC/C=C/CCl. The number of nitrogens with one attached hydrogen (secondary N) is 2. The van der Waals surface area contributed by atoms with Crippen LogP contribution in [-0.4, -0.2) is 31.4 Å². The van der Waals surface area contributed by atoms with Crippen molar-refractivity contribution in [2.75, 3.05) is 25.5 Å². The molecule has 3 nitrogen and oxygen atoms in total. The summed E-state index contributed by atoms with van der Waals surface area (Å²) >= 11 is 5.41. The Morgan fingerprint density at radius 2 is 2.17 bits per heavy atom. The first-order valence-corrected chi connectivity index (χ1v) is 4.47. The highest BCUT2D eigenvalue weighted by Crippen LogP contribution is 1.75. The Kier molecular flexibility index (Phi) is 8.17. The van der Waals surface area contributed by atoms with Gasteiger partial charge >= 0.3 is 0 Å². The molecular weight excluding hydrogens is 176 g/mol. The van der Waals surface area contributed by atoms with Crippen LogP contribution < -0.4 is 10.6 Å². The molecule has 0 heterocycles. The van der Waals surface area contributed by atoms with Crippen LogP contribution in [0.4, 0.5) is 0 Å². The molecule has 0 aliphatic rings. The molecule has 0 bridgehead atoms. The molecule has 12 heavy (non-hydrogen) atoms. The maximum Gasteiger partial charge on any atom is 0.216 e. The molecule has 2 N–H and O–H groups in total. The van der Waals surface area contributed by atoms with Gasteiger partial charge in [-0.05, 0) is 0 Å². The fourth-order valence-corrected chi connectivity index (χ4v) is 0.785. The second kappa shape index (κ2) is 8.56. The van der Waals surface area contributed by atoms with Crippen molar-refractivity contribution in [2.24, 2.45) is 0 Å². The zero-order valence-corrected chi connectivity index (χ0v) is 8.03. The van der Waals surface area contributed by atoms with Gasteiger partial charge in [0, 0.05) is 32.4 Å². The van der Waals surface area contributed by atoms with E-state index in [0.717, 1.165) is 13.1 Å². The highest BCUT2D eigenvalue weighted by Gasteiger charge is 1.87. The molecule has 4 heteroatoms. The highest BCUT2D eigenvalue weighted by molar-refractivity contribution is 6.18. The van der Waals surface area contributed by atoms with Crippen LogP contribution in [-0.2, 0) is 4.79 Å². The van der Waals surface area contributed by atoms with E-state index in [0.29, 0.717) is 12.4 Å². The average Bonchev–Trinajstić information content (AvgIpc) is 2.02. The molecule has 0 saturated carbocycles. The minimum atomic E-state index is 0.00750. The van der Waals surface area contributed by atoms with Crippen molar-refractivity contribution in [2.45, 2.75) is 6.92 Å². The summed E-state index contributed by atoms with van der Waals surface area (Å²) in [4.78, 5) is 10.4. The molecule has 0 aromatic rings. The lowest BCUT2D eigenvalue weighted by atomic mass is 10.5. The summed E-state index contributed by atoms with van der Waals surface area (Å²) in [6.45, 7) is 3.76. The Hall–Kier alpha value is -0.540. The van der Waals surface area contributed by atoms with Gasteiger partial charge in [0.05, 0.1) is 0 Å². The minimum absolute atomic E-state index is 0.00750. The molecule has 0 unspecified atom stereocenters. The smallest absolute Gasteiger partial charge is 0.216 e. The molecule has 0 aromatic carbocycles. The third-order valence-corrected chi connectivity index (χ3v) is 1.37. The van der Waals surface area contributed by atoms with Gasteiger partial charge < -0.3 is 10.6 Å². The van der Waals surface area contributed by atoms with E-state index >= 15 is 0 Å². The first-order chi connectivity index (χ1) is 5.77. The van der Waals surface area contributed by atoms with Crippen molar-refractivity contribution >= 4 is 17.5 Å². The van der Waals surface area contributed by atoms with Gasteiger partial charge in [-0.3, -0.25) is 4.79 Å². The van der Waals surface area contributed by atoms with Crippen molar-refractivity contribution in [3.8, 4) is 0 Å². The molecule has 0 spiro atoms. The summed E-state index contributed by atoms with van der Waals surface area (Å²) < 4.78 is 0. The molecule has 0 atom stereocenters. The molecule has 70 valence electrons. The lowest BCUT2D eigenvalue weighted by Crippen LogP contribution is -2.30. The Bertz CT molecular complexity index is 148. The van der Waals surface area contributed by atoms with Gasteiger partial charge in [0.15, 0.2) is 0 Å². The number of hydrogen-bond donors (Lipinski definition) is 2. The molecule has 0 fully saturated rings. The first-order valence-electron chi connectivity index (χ1n) is 3.93. The van der Waals surface area contributed by atoms with Crippen LogP contribution in [0.2, 0.25) is 0 Å². The van der Waals surface area contributed by atoms with Crippen LogP contribution in [0, 0.1) is 0 Å². The maximum absolute atomic E-state index is 10.4. The third kappa shape index (κ3) is 9.46. The Labute approximate surface area is 78.2 Å². The summed E-state index contributed by atoms with van der Waals surface area (Å²) in [5, 5.41) is 5.80. The molecule has 0 aliphatic carbocycles. The molecule has 0 radical (unpaired) electrons. The number of carbonyl (C=O) groups is 1. The lowest BCUT2D eigenvalue weighted by Gasteiger charge is -2.01. The van der Waals surface area contributed by atoms with E-state index < -0.39 is 0 Å². The second-order valence-corrected chi connectivity index (χ2v) is 2.62. The number of allylic oxidation sites excluding steroid dienone is 1. The van der Waals surface area contributed by atoms with Gasteiger partial charge in [0.1, 0.15) is 0 Å². The van der Waals surface area contributed by atoms with Crippen LogP contribution >= 0.6 is 11.6 Å². The Morgan fingerprint density at radius 3 is 2.75 bits per heavy atom. The number of alkyl halides is 1. The molecule has 0 saturated heterocycles. The van der Waals surface area contributed by atoms with E-state index in [2.05, 4.69) is 10.6 Å². The van der Waals surface area contributed by atoms with E-state index in [-0.39, 0.29) is 5.91 Å². The highest BCUT2D eigenvalue weighted by atomic mass is 35.5. The number of hydrogen-bond acceptors (Lipinski definition) is 2. The monoisotopic (exact) mass is 190 g/mol. The van der Waals surface area contributed by atoms with Crippen LogP contribution in [0.3, 0.4) is 0 Å². The summed E-state index contributed by atoms with van der Waals surface area (Å²) in [7, 11) is 0. The van der Waals surface area contributed by atoms with Crippen LogP contribution in [0.25, 0.3) is 0 Å². The van der Waals surface area contributed by atoms with E-state index in [1.54, 1.807) is 0 Å². The van der Waals surface area contributed by atoms with E-state index in [4.69, 9.17) is 11.6 Å². The zero-order chi connectivity index (χ0) is 9.23. The third-order valence-electron chi connectivity index (χ3n) is 1.19. The molecule has 0 aromatic heterocycles. The van der Waals surface area contributed by atoms with E-state index in [1.807, 2.05) is 12.2 Å². The van der Waals surface area contributed by atoms with Crippen LogP contribution in [0.15, 0.2) is 12.2 Å². The molecule has 0 rings (SSSR count). The Balaban J connectivity index is 3.00. The van der Waals surface area contributed by atoms with Crippen molar-refractivity contribution in [3.05, 3.63) is 12.2 Å². The van der Waals surface area contributed by atoms with Crippen LogP contribution in [0.5, 0.6) is 0 Å². The van der Waals surface area contributed by atoms with Crippen molar-refractivity contribution in [1.82, 2.24) is 10.6 Å². The normalized spacial score (nSPS) is 10.5. The van der Waals surface area contributed by atoms with Gasteiger partial charge in [0.2, 0.25) is 5.91 Å². The maximum atomic E-state index is 10.4. The summed E-state index contributed by atoms with van der Waals surface area (Å²) in [5.74, 6) is 0.556. The van der Waals surface area contributed by atoms with Gasteiger partial charge in [0.25, 0.3) is 0 Å². The number of amides is 1. The van der Waals surface area contributed by atoms with Gasteiger partial charge in [-0.2, -0.15) is 0 Å². The first kappa shape index (κ1) is 11.5. The van der Waals surface area contributed by atoms with Crippen molar-refractivity contribution in [3.63, 3.8) is 0 Å². The zero-order valence-electron chi connectivity index (χ0n) is 7.27. The van der Waals surface area contributed by atoms with Gasteiger partial charge in [-0.15, -0.1) is 11.6 Å². The predicted molar refractivity (Wildman–Crippen MR) is 51.4 cm³/mol. The van der Waals surface area contributed by atoms with Crippen LogP contribution in [0.1, 0.15) is 6.92 Å². The fraction of sp³-hybridized carbons (Fsp3) is 0.625. The quantitative estimate of drug-likeness (QED) is 0.364. The predicted octanol–water partition coefficient (Wildman–Crippen LogP) is 0.507. The van der Waals surface area contributed by atoms with Crippen molar-refractivity contribution < 1.29 is 4.79 Å². The van der Waals surface area contributed by atoms with Crippen molar-refractivity contribution in [1.29, 1.82) is 0 Å². The molecule has 0 aliphatic heterocycles. The number of rotatable bonds is 6.